The number of anilines is 1. The molecule has 2 N–H and O–H groups in total. The number of amides is 2. The Hall–Kier alpha value is -2.71. The molecule has 2 amide bonds. The van der Waals surface area contributed by atoms with Gasteiger partial charge in [-0.1, -0.05) is 19.3 Å². The average molecular weight is 468 g/mol. The second-order valence-electron chi connectivity index (χ2n) is 9.59. The Kier molecular flexibility index (Phi) is 5.74. The molecule has 0 radical (unpaired) electrons. The molecular weight excluding hydrogens is 438 g/mol. The predicted molar refractivity (Wildman–Crippen MR) is 129 cm³/mol. The van der Waals surface area contributed by atoms with Gasteiger partial charge in [0.25, 0.3) is 5.91 Å². The topological polar surface area (TPSA) is 93.5 Å². The van der Waals surface area contributed by atoms with Gasteiger partial charge in [0.2, 0.25) is 5.91 Å². The summed E-state index contributed by atoms with van der Waals surface area (Å²) >= 11 is 1.33. The van der Waals surface area contributed by atoms with Crippen molar-refractivity contribution in [3.63, 3.8) is 0 Å². The summed E-state index contributed by atoms with van der Waals surface area (Å²) in [4.78, 5) is 31.7. The van der Waals surface area contributed by atoms with Crippen molar-refractivity contribution in [2.45, 2.75) is 77.5 Å². The van der Waals surface area contributed by atoms with Gasteiger partial charge in [0.05, 0.1) is 29.9 Å². The summed E-state index contributed by atoms with van der Waals surface area (Å²) < 4.78 is 11.9. The van der Waals surface area contributed by atoms with E-state index >= 15 is 0 Å². The Balaban J connectivity index is 1.70. The lowest BCUT2D eigenvalue weighted by Crippen LogP contribution is -2.36. The monoisotopic (exact) mass is 467 g/mol. The van der Waals surface area contributed by atoms with E-state index < -0.39 is 0 Å². The second-order valence-corrected chi connectivity index (χ2v) is 10.6. The van der Waals surface area contributed by atoms with Crippen LogP contribution in [0.3, 0.4) is 0 Å². The van der Waals surface area contributed by atoms with Crippen LogP contribution in [0, 0.1) is 0 Å². The number of pyridine rings is 1. The summed E-state index contributed by atoms with van der Waals surface area (Å²) in [7, 11) is 0. The first kappa shape index (κ1) is 22.1. The quantitative estimate of drug-likeness (QED) is 0.534. The van der Waals surface area contributed by atoms with Crippen LogP contribution >= 0.6 is 11.3 Å². The van der Waals surface area contributed by atoms with Crippen molar-refractivity contribution in [2.24, 2.45) is 0 Å². The van der Waals surface area contributed by atoms with Gasteiger partial charge in [0, 0.05) is 35.9 Å². The van der Waals surface area contributed by atoms with Gasteiger partial charge >= 0.3 is 0 Å². The number of furan rings is 1. The Labute approximate surface area is 196 Å². The molecule has 4 heterocycles. The fraction of sp³-hybridized carbons (Fsp3) is 0.480. The lowest BCUT2D eigenvalue weighted by molar-refractivity contribution is -0.114. The largest absolute Gasteiger partial charge is 0.464 e. The van der Waals surface area contributed by atoms with Crippen molar-refractivity contribution in [3.8, 4) is 11.3 Å². The molecular formula is C25H29N3O4S. The third-order valence-corrected chi connectivity index (χ3v) is 7.52. The fourth-order valence-electron chi connectivity index (χ4n) is 4.88. The van der Waals surface area contributed by atoms with Crippen molar-refractivity contribution in [3.05, 3.63) is 34.5 Å². The number of carbonyl (C=O) groups is 2. The SMILES string of the molecule is CC(=O)Nc1c(C(=O)NC2CCCCC2)sc2nc3c(c(-c4ccco4)c12)COC(C)(C)C3. The van der Waals surface area contributed by atoms with Crippen LogP contribution in [0.1, 0.15) is 73.8 Å². The van der Waals surface area contributed by atoms with Crippen LogP contribution in [0.5, 0.6) is 0 Å². The molecule has 5 rings (SSSR count). The van der Waals surface area contributed by atoms with Gasteiger partial charge in [-0.2, -0.15) is 0 Å². The van der Waals surface area contributed by atoms with E-state index in [9.17, 15) is 9.59 Å². The molecule has 0 saturated heterocycles. The predicted octanol–water partition coefficient (Wildman–Crippen LogP) is 5.43. The van der Waals surface area contributed by atoms with E-state index in [4.69, 9.17) is 14.1 Å². The molecule has 174 valence electrons. The van der Waals surface area contributed by atoms with Crippen molar-refractivity contribution < 1.29 is 18.7 Å². The lowest BCUT2D eigenvalue weighted by atomic mass is 9.91. The number of nitrogens with zero attached hydrogens (tertiary/aromatic N) is 1. The molecule has 0 spiro atoms. The van der Waals surface area contributed by atoms with Crippen LogP contribution in [0.4, 0.5) is 5.69 Å². The highest BCUT2D eigenvalue weighted by molar-refractivity contribution is 7.21. The molecule has 33 heavy (non-hydrogen) atoms. The number of hydrogen-bond donors (Lipinski definition) is 2. The zero-order valence-electron chi connectivity index (χ0n) is 19.2. The first-order valence-corrected chi connectivity index (χ1v) is 12.4. The number of nitrogens with one attached hydrogen (secondary N) is 2. The second kappa shape index (κ2) is 8.57. The van der Waals surface area contributed by atoms with E-state index in [0.29, 0.717) is 29.4 Å². The maximum absolute atomic E-state index is 13.4. The molecule has 0 bridgehead atoms. The van der Waals surface area contributed by atoms with E-state index in [2.05, 4.69) is 24.5 Å². The standard InChI is InChI=1S/C25H29N3O4S/c1-14(29)26-21-20-19(18-10-7-11-31-18)16-13-32-25(2,3)12-17(16)28-24(20)33-22(21)23(30)27-15-8-5-4-6-9-15/h7,10-11,15H,4-6,8-9,12-13H2,1-3H3,(H,26,29)(H,27,30). The molecule has 1 aliphatic carbocycles. The van der Waals surface area contributed by atoms with Crippen molar-refractivity contribution in [1.82, 2.24) is 10.3 Å². The lowest BCUT2D eigenvalue weighted by Gasteiger charge is -2.32. The third-order valence-electron chi connectivity index (χ3n) is 6.44. The van der Waals surface area contributed by atoms with Gasteiger partial charge in [-0.15, -0.1) is 11.3 Å². The number of hydrogen-bond acceptors (Lipinski definition) is 6. The zero-order valence-corrected chi connectivity index (χ0v) is 20.1. The fourth-order valence-corrected chi connectivity index (χ4v) is 5.95. The van der Waals surface area contributed by atoms with Gasteiger partial charge in [0.1, 0.15) is 15.5 Å². The van der Waals surface area contributed by atoms with Crippen molar-refractivity contribution >= 4 is 39.1 Å². The van der Waals surface area contributed by atoms with Gasteiger partial charge < -0.3 is 19.8 Å². The highest BCUT2D eigenvalue weighted by atomic mass is 32.1. The van der Waals surface area contributed by atoms with Crippen LogP contribution in [-0.4, -0.2) is 28.4 Å². The van der Waals surface area contributed by atoms with Crippen LogP contribution < -0.4 is 10.6 Å². The molecule has 0 unspecified atom stereocenters. The van der Waals surface area contributed by atoms with Gasteiger partial charge in [-0.25, -0.2) is 4.98 Å². The molecule has 3 aromatic rings. The molecule has 7 nitrogen and oxygen atoms in total. The average Bonchev–Trinajstić information content (AvgIpc) is 3.40. The maximum atomic E-state index is 13.4. The summed E-state index contributed by atoms with van der Waals surface area (Å²) in [6.07, 6.45) is 7.73. The summed E-state index contributed by atoms with van der Waals surface area (Å²) in [6.45, 7) is 5.94. The smallest absolute Gasteiger partial charge is 0.263 e. The molecule has 2 aliphatic rings. The minimum Gasteiger partial charge on any atom is -0.464 e. The van der Waals surface area contributed by atoms with Gasteiger partial charge in [0.15, 0.2) is 0 Å². The first-order chi connectivity index (χ1) is 15.8. The van der Waals surface area contributed by atoms with E-state index in [1.54, 1.807) is 6.26 Å². The molecule has 0 aromatic carbocycles. The molecule has 8 heteroatoms. The summed E-state index contributed by atoms with van der Waals surface area (Å²) in [5.74, 6) is 0.279. The van der Waals surface area contributed by atoms with E-state index in [0.717, 1.165) is 52.7 Å². The Morgan fingerprint density at radius 3 is 2.70 bits per heavy atom. The Bertz CT molecular complexity index is 1210. The highest BCUT2D eigenvalue weighted by Crippen LogP contribution is 2.46. The van der Waals surface area contributed by atoms with Crippen LogP contribution in [0.2, 0.25) is 0 Å². The van der Waals surface area contributed by atoms with E-state index in [1.165, 1.54) is 24.7 Å². The Morgan fingerprint density at radius 2 is 2.00 bits per heavy atom. The molecule has 3 aromatic heterocycles. The molecule has 1 aliphatic heterocycles. The van der Waals surface area contributed by atoms with Crippen LogP contribution in [0.25, 0.3) is 21.5 Å². The minimum absolute atomic E-state index is 0.159. The molecule has 1 fully saturated rings. The highest BCUT2D eigenvalue weighted by Gasteiger charge is 2.34. The summed E-state index contributed by atoms with van der Waals surface area (Å²) in [5.41, 5.74) is 2.91. The van der Waals surface area contributed by atoms with Crippen molar-refractivity contribution in [1.29, 1.82) is 0 Å². The zero-order chi connectivity index (χ0) is 23.2. The summed E-state index contributed by atoms with van der Waals surface area (Å²) in [6, 6.07) is 3.90. The molecule has 1 saturated carbocycles. The van der Waals surface area contributed by atoms with Gasteiger partial charge in [-0.05, 0) is 38.8 Å². The number of rotatable bonds is 4. The van der Waals surface area contributed by atoms with Gasteiger partial charge in [-0.3, -0.25) is 9.59 Å². The number of fused-ring (bicyclic) bond motifs is 2. The maximum Gasteiger partial charge on any atom is 0.263 e. The van der Waals surface area contributed by atoms with Crippen LogP contribution in [-0.2, 0) is 22.6 Å². The van der Waals surface area contributed by atoms with E-state index in [-0.39, 0.29) is 23.5 Å². The number of aromatic nitrogens is 1. The third kappa shape index (κ3) is 4.29. The number of ether oxygens (including phenoxy) is 1. The number of carbonyl (C=O) groups excluding carboxylic acids is 2. The van der Waals surface area contributed by atoms with E-state index in [1.807, 2.05) is 12.1 Å². The molecule has 0 atom stereocenters. The number of thiophene rings is 1. The normalized spacial score (nSPS) is 18.2. The van der Waals surface area contributed by atoms with Crippen molar-refractivity contribution in [2.75, 3.05) is 5.32 Å². The first-order valence-electron chi connectivity index (χ1n) is 11.6. The minimum atomic E-state index is -0.326. The summed E-state index contributed by atoms with van der Waals surface area (Å²) in [5, 5.41) is 6.86. The Morgan fingerprint density at radius 1 is 1.21 bits per heavy atom. The van der Waals surface area contributed by atoms with Crippen LogP contribution in [0.15, 0.2) is 22.8 Å².